The molecule has 36 heavy (non-hydrogen) atoms. The second kappa shape index (κ2) is 9.70. The van der Waals surface area contributed by atoms with Gasteiger partial charge < -0.3 is 20.1 Å². The predicted octanol–water partition coefficient (Wildman–Crippen LogP) is 2.86. The Labute approximate surface area is 210 Å². The third kappa shape index (κ3) is 4.68. The zero-order valence-corrected chi connectivity index (χ0v) is 21.0. The summed E-state index contributed by atoms with van der Waals surface area (Å²) in [6.07, 6.45) is 2.75. The molecule has 3 heterocycles. The van der Waals surface area contributed by atoms with Crippen molar-refractivity contribution in [2.75, 3.05) is 38.1 Å². The molecule has 3 aromatic rings. The zero-order chi connectivity index (χ0) is 25.4. The van der Waals surface area contributed by atoms with Crippen molar-refractivity contribution in [1.29, 1.82) is 0 Å². The van der Waals surface area contributed by atoms with Crippen LogP contribution in [0.5, 0.6) is 0 Å². The smallest absolute Gasteiger partial charge is 0.253 e. The van der Waals surface area contributed by atoms with Gasteiger partial charge in [0.25, 0.3) is 11.5 Å². The third-order valence-corrected chi connectivity index (χ3v) is 7.23. The van der Waals surface area contributed by atoms with Gasteiger partial charge in [-0.15, -0.1) is 0 Å². The van der Waals surface area contributed by atoms with E-state index < -0.39 is 0 Å². The Kier molecular flexibility index (Phi) is 6.45. The molecule has 0 atom stereocenters. The molecule has 2 aromatic heterocycles. The number of anilines is 1. The van der Waals surface area contributed by atoms with E-state index in [4.69, 9.17) is 0 Å². The number of nitrogens with zero attached hydrogens (tertiary/aromatic N) is 3. The van der Waals surface area contributed by atoms with E-state index in [0.717, 1.165) is 59.9 Å². The fourth-order valence-electron chi connectivity index (χ4n) is 5.08. The van der Waals surface area contributed by atoms with Gasteiger partial charge in [0.05, 0.1) is 0 Å². The minimum Gasteiger partial charge on any atom is -0.354 e. The maximum Gasteiger partial charge on any atom is 0.253 e. The highest BCUT2D eigenvalue weighted by Crippen LogP contribution is 2.32. The number of rotatable bonds is 5. The molecule has 0 saturated carbocycles. The molecule has 1 aliphatic heterocycles. The Morgan fingerprint density at radius 1 is 1.03 bits per heavy atom. The molecule has 186 valence electrons. The molecule has 1 fully saturated rings. The summed E-state index contributed by atoms with van der Waals surface area (Å²) in [5, 5.41) is 2.90. The first-order valence-electron chi connectivity index (χ1n) is 12.4. The van der Waals surface area contributed by atoms with E-state index in [-0.39, 0.29) is 23.8 Å². The lowest BCUT2D eigenvalue weighted by Gasteiger charge is -2.33. The van der Waals surface area contributed by atoms with E-state index in [1.807, 2.05) is 50.4 Å². The summed E-state index contributed by atoms with van der Waals surface area (Å²) in [6, 6.07) is 9.60. The number of pyridine rings is 2. The summed E-state index contributed by atoms with van der Waals surface area (Å²) in [5.74, 6) is 0.693. The molecular weight excluding hydrogens is 454 g/mol. The number of carbonyl (C=O) groups excluding carboxylic acids is 2. The van der Waals surface area contributed by atoms with E-state index in [1.54, 1.807) is 0 Å². The Balaban J connectivity index is 1.41. The van der Waals surface area contributed by atoms with Gasteiger partial charge in [-0.25, -0.2) is 4.98 Å². The van der Waals surface area contributed by atoms with E-state index in [2.05, 4.69) is 32.1 Å². The highest BCUT2D eigenvalue weighted by atomic mass is 16.2. The van der Waals surface area contributed by atoms with Crippen molar-refractivity contribution in [2.45, 2.75) is 33.2 Å². The van der Waals surface area contributed by atoms with Crippen LogP contribution in [0.2, 0.25) is 0 Å². The lowest BCUT2D eigenvalue weighted by Crippen LogP contribution is -2.44. The van der Waals surface area contributed by atoms with Crippen LogP contribution >= 0.6 is 0 Å². The third-order valence-electron chi connectivity index (χ3n) is 7.23. The van der Waals surface area contributed by atoms with Crippen molar-refractivity contribution in [3.63, 3.8) is 0 Å². The SMILES string of the molecule is Cc1cc(C)c(CNC(=O)c2cc(-c3ccc(N4CCN(C)CC4)nc3)cc3c2CCC3=O)c(=O)[nH]1. The molecule has 8 nitrogen and oxygen atoms in total. The minimum atomic E-state index is -0.288. The summed E-state index contributed by atoms with van der Waals surface area (Å²) in [6.45, 7) is 7.68. The van der Waals surface area contributed by atoms with E-state index in [9.17, 15) is 14.4 Å². The summed E-state index contributed by atoms with van der Waals surface area (Å²) in [7, 11) is 2.12. The van der Waals surface area contributed by atoms with Crippen LogP contribution in [0.15, 0.2) is 41.3 Å². The molecule has 1 saturated heterocycles. The number of amides is 1. The van der Waals surface area contributed by atoms with Crippen LogP contribution in [0.1, 0.15) is 49.5 Å². The van der Waals surface area contributed by atoms with Gasteiger partial charge in [0.2, 0.25) is 0 Å². The Morgan fingerprint density at radius 3 is 2.50 bits per heavy atom. The molecule has 0 bridgehead atoms. The molecule has 1 aliphatic carbocycles. The summed E-state index contributed by atoms with van der Waals surface area (Å²) in [4.78, 5) is 50.3. The number of Topliss-reactive ketones (excluding diaryl/α,β-unsaturated/α-hetero) is 1. The second-order valence-corrected chi connectivity index (χ2v) is 9.79. The van der Waals surface area contributed by atoms with Crippen LogP contribution in [0, 0.1) is 13.8 Å². The number of fused-ring (bicyclic) bond motifs is 1. The number of likely N-dealkylation sites (N-methyl/N-ethyl adjacent to an activating group) is 1. The molecule has 0 radical (unpaired) electrons. The van der Waals surface area contributed by atoms with Crippen LogP contribution in [0.4, 0.5) is 5.82 Å². The first-order chi connectivity index (χ1) is 17.3. The largest absolute Gasteiger partial charge is 0.354 e. The minimum absolute atomic E-state index is 0.0498. The fraction of sp³-hybridized carbons (Fsp3) is 0.357. The summed E-state index contributed by atoms with van der Waals surface area (Å²) >= 11 is 0. The number of ketones is 1. The van der Waals surface area contributed by atoms with Gasteiger partial charge in [-0.3, -0.25) is 14.4 Å². The average molecular weight is 486 g/mol. The number of benzene rings is 1. The molecule has 0 spiro atoms. The van der Waals surface area contributed by atoms with Gasteiger partial charge in [0, 0.05) is 73.3 Å². The van der Waals surface area contributed by atoms with Crippen molar-refractivity contribution < 1.29 is 9.59 Å². The number of nitrogens with one attached hydrogen (secondary N) is 2. The van der Waals surface area contributed by atoms with Crippen LogP contribution < -0.4 is 15.8 Å². The second-order valence-electron chi connectivity index (χ2n) is 9.79. The van der Waals surface area contributed by atoms with E-state index in [0.29, 0.717) is 29.5 Å². The number of hydrogen-bond donors (Lipinski definition) is 2. The zero-order valence-electron chi connectivity index (χ0n) is 21.0. The van der Waals surface area contributed by atoms with Crippen molar-refractivity contribution in [3.05, 3.63) is 80.4 Å². The van der Waals surface area contributed by atoms with Crippen molar-refractivity contribution in [2.24, 2.45) is 0 Å². The Hall–Kier alpha value is -3.78. The van der Waals surface area contributed by atoms with Gasteiger partial charge in [0.1, 0.15) is 5.82 Å². The first kappa shape index (κ1) is 23.9. The molecule has 5 rings (SSSR count). The first-order valence-corrected chi connectivity index (χ1v) is 12.4. The lowest BCUT2D eigenvalue weighted by molar-refractivity contribution is 0.0949. The van der Waals surface area contributed by atoms with Gasteiger partial charge in [0.15, 0.2) is 5.78 Å². The van der Waals surface area contributed by atoms with Crippen LogP contribution in [-0.2, 0) is 13.0 Å². The van der Waals surface area contributed by atoms with Crippen LogP contribution in [0.25, 0.3) is 11.1 Å². The number of piperazine rings is 1. The van der Waals surface area contributed by atoms with Crippen molar-refractivity contribution in [1.82, 2.24) is 20.2 Å². The molecule has 8 heteroatoms. The van der Waals surface area contributed by atoms with Gasteiger partial charge >= 0.3 is 0 Å². The van der Waals surface area contributed by atoms with Crippen LogP contribution in [0.3, 0.4) is 0 Å². The molecule has 1 aromatic carbocycles. The van der Waals surface area contributed by atoms with Gasteiger partial charge in [-0.05, 0) is 74.3 Å². The Morgan fingerprint density at radius 2 is 1.81 bits per heavy atom. The maximum atomic E-state index is 13.3. The monoisotopic (exact) mass is 485 g/mol. The van der Waals surface area contributed by atoms with Crippen molar-refractivity contribution in [3.8, 4) is 11.1 Å². The highest BCUT2D eigenvalue weighted by Gasteiger charge is 2.26. The number of aryl methyl sites for hydroxylation is 2. The summed E-state index contributed by atoms with van der Waals surface area (Å²) in [5.41, 5.74) is 5.45. The summed E-state index contributed by atoms with van der Waals surface area (Å²) < 4.78 is 0. The predicted molar refractivity (Wildman–Crippen MR) is 140 cm³/mol. The normalized spacial score (nSPS) is 15.8. The highest BCUT2D eigenvalue weighted by molar-refractivity contribution is 6.07. The lowest BCUT2D eigenvalue weighted by atomic mass is 9.95. The molecule has 2 N–H and O–H groups in total. The Bertz CT molecular complexity index is 1390. The number of H-pyrrole nitrogens is 1. The van der Waals surface area contributed by atoms with Gasteiger partial charge in [-0.1, -0.05) is 0 Å². The number of aromatic amines is 1. The average Bonchev–Trinajstić information content (AvgIpc) is 3.24. The molecule has 2 aliphatic rings. The van der Waals surface area contributed by atoms with Crippen LogP contribution in [-0.4, -0.2) is 59.8 Å². The van der Waals surface area contributed by atoms with Crippen molar-refractivity contribution >= 4 is 17.5 Å². The molecule has 0 unspecified atom stereocenters. The number of aromatic nitrogens is 2. The van der Waals surface area contributed by atoms with E-state index >= 15 is 0 Å². The van der Waals surface area contributed by atoms with E-state index in [1.165, 1.54) is 0 Å². The maximum absolute atomic E-state index is 13.3. The molecular formula is C28H31N5O3. The van der Waals surface area contributed by atoms with Gasteiger partial charge in [-0.2, -0.15) is 0 Å². The topological polar surface area (TPSA) is 98.4 Å². The quantitative estimate of drug-likeness (QED) is 0.577. The fourth-order valence-corrected chi connectivity index (χ4v) is 5.08. The standard InChI is InChI=1S/C28H31N5O3/c1-17-12-18(2)31-28(36)24(17)16-30-27(35)23-14-20(13-22-21(23)5-6-25(22)34)19-4-7-26(29-15-19)33-10-8-32(3)9-11-33/h4,7,12-15H,5-6,8-11,16H2,1-3H3,(H,30,35)(H,31,36). The number of carbonyl (C=O) groups is 2. The molecule has 1 amide bonds. The number of hydrogen-bond acceptors (Lipinski definition) is 6.